The highest BCUT2D eigenvalue weighted by molar-refractivity contribution is 5.56. The lowest BCUT2D eigenvalue weighted by Gasteiger charge is -2.34. The molecule has 1 saturated heterocycles. The number of nitrogens with zero attached hydrogens (tertiary/aromatic N) is 1. The number of aryl methyl sites for hydroxylation is 1. The molecule has 0 bridgehead atoms. The molecule has 1 aliphatic heterocycles. The first-order valence-electron chi connectivity index (χ1n) is 6.73. The molecule has 0 spiro atoms. The predicted octanol–water partition coefficient (Wildman–Crippen LogP) is 2.87. The topological polar surface area (TPSA) is 29.3 Å². The van der Waals surface area contributed by atoms with Crippen molar-refractivity contribution in [1.82, 2.24) is 0 Å². The normalized spacial score (nSPS) is 17.5. The fraction of sp³-hybridized carbons (Fsp3) is 0.600. The second-order valence-corrected chi connectivity index (χ2v) is 5.23. The zero-order valence-electron chi connectivity index (χ0n) is 11.1. The minimum Gasteiger partial charge on any atom is -0.371 e. The number of benzene rings is 1. The van der Waals surface area contributed by atoms with E-state index in [1.807, 2.05) is 0 Å². The molecule has 0 aliphatic carbocycles. The lowest BCUT2D eigenvalue weighted by atomic mass is 9.93. The van der Waals surface area contributed by atoms with E-state index in [-0.39, 0.29) is 0 Å². The van der Waals surface area contributed by atoms with Gasteiger partial charge in [0, 0.05) is 18.8 Å². The smallest absolute Gasteiger partial charge is 0.0398 e. The highest BCUT2D eigenvalue weighted by atomic mass is 15.1. The van der Waals surface area contributed by atoms with Crippen LogP contribution in [-0.4, -0.2) is 19.6 Å². The molecular formula is C15H24N2. The van der Waals surface area contributed by atoms with Gasteiger partial charge in [-0.3, -0.25) is 0 Å². The minimum absolute atomic E-state index is 0.841. The van der Waals surface area contributed by atoms with Crippen molar-refractivity contribution in [1.29, 1.82) is 0 Å². The van der Waals surface area contributed by atoms with Gasteiger partial charge in [-0.05, 0) is 62.8 Å². The summed E-state index contributed by atoms with van der Waals surface area (Å²) in [5.74, 6) is 0.848. The maximum absolute atomic E-state index is 5.64. The van der Waals surface area contributed by atoms with Crippen LogP contribution in [0.15, 0.2) is 18.2 Å². The lowest BCUT2D eigenvalue weighted by Crippen LogP contribution is -2.34. The maximum atomic E-state index is 5.64. The zero-order chi connectivity index (χ0) is 12.3. The molecule has 94 valence electrons. The molecule has 2 nitrogen and oxygen atoms in total. The van der Waals surface area contributed by atoms with Gasteiger partial charge in [-0.15, -0.1) is 0 Å². The Morgan fingerprint density at radius 1 is 1.24 bits per heavy atom. The van der Waals surface area contributed by atoms with Crippen LogP contribution >= 0.6 is 0 Å². The Morgan fingerprint density at radius 2 is 1.94 bits per heavy atom. The number of piperidine rings is 1. The molecule has 1 fully saturated rings. The molecule has 17 heavy (non-hydrogen) atoms. The fourth-order valence-electron chi connectivity index (χ4n) is 2.78. The summed E-state index contributed by atoms with van der Waals surface area (Å²) in [6, 6.07) is 6.62. The van der Waals surface area contributed by atoms with Crippen molar-refractivity contribution in [2.75, 3.05) is 24.5 Å². The van der Waals surface area contributed by atoms with Crippen LogP contribution in [0.2, 0.25) is 0 Å². The van der Waals surface area contributed by atoms with Crippen LogP contribution < -0.4 is 10.6 Å². The van der Waals surface area contributed by atoms with Gasteiger partial charge in [-0.25, -0.2) is 0 Å². The van der Waals surface area contributed by atoms with Crippen LogP contribution in [0, 0.1) is 19.8 Å². The van der Waals surface area contributed by atoms with Gasteiger partial charge in [0.25, 0.3) is 0 Å². The number of nitrogens with two attached hydrogens (primary N) is 1. The summed E-state index contributed by atoms with van der Waals surface area (Å²) in [7, 11) is 0. The van der Waals surface area contributed by atoms with E-state index >= 15 is 0 Å². The van der Waals surface area contributed by atoms with E-state index in [9.17, 15) is 0 Å². The van der Waals surface area contributed by atoms with Crippen molar-refractivity contribution in [3.63, 3.8) is 0 Å². The number of hydrogen-bond acceptors (Lipinski definition) is 2. The third kappa shape index (κ3) is 2.81. The van der Waals surface area contributed by atoms with Gasteiger partial charge in [-0.1, -0.05) is 12.1 Å². The van der Waals surface area contributed by atoms with Gasteiger partial charge in [-0.2, -0.15) is 0 Å². The molecule has 0 radical (unpaired) electrons. The Labute approximate surface area is 105 Å². The van der Waals surface area contributed by atoms with Crippen molar-refractivity contribution in [3.05, 3.63) is 29.3 Å². The first kappa shape index (κ1) is 12.4. The van der Waals surface area contributed by atoms with Crippen LogP contribution in [0.1, 0.15) is 30.4 Å². The number of rotatable bonds is 3. The second kappa shape index (κ2) is 5.54. The first-order valence-corrected chi connectivity index (χ1v) is 6.73. The Morgan fingerprint density at radius 3 is 2.59 bits per heavy atom. The van der Waals surface area contributed by atoms with E-state index in [2.05, 4.69) is 36.9 Å². The molecule has 0 atom stereocenters. The zero-order valence-corrected chi connectivity index (χ0v) is 11.1. The van der Waals surface area contributed by atoms with Gasteiger partial charge in [0.2, 0.25) is 0 Å². The van der Waals surface area contributed by atoms with Crippen LogP contribution in [-0.2, 0) is 0 Å². The van der Waals surface area contributed by atoms with Crippen LogP contribution in [0.5, 0.6) is 0 Å². The Balaban J connectivity index is 2.03. The van der Waals surface area contributed by atoms with Crippen LogP contribution in [0.4, 0.5) is 5.69 Å². The van der Waals surface area contributed by atoms with Gasteiger partial charge >= 0.3 is 0 Å². The molecule has 1 aromatic rings. The largest absolute Gasteiger partial charge is 0.371 e. The van der Waals surface area contributed by atoms with E-state index in [1.165, 1.54) is 49.2 Å². The lowest BCUT2D eigenvalue weighted by molar-refractivity contribution is 0.386. The molecule has 0 saturated carbocycles. The van der Waals surface area contributed by atoms with E-state index in [0.29, 0.717) is 0 Å². The Bertz CT molecular complexity index is 365. The third-order valence-electron chi connectivity index (χ3n) is 4.11. The van der Waals surface area contributed by atoms with Crippen molar-refractivity contribution < 1.29 is 0 Å². The SMILES string of the molecule is Cc1cccc(N2CCC(CCN)CC2)c1C. The molecule has 0 aromatic heterocycles. The van der Waals surface area contributed by atoms with Crippen molar-refractivity contribution in [2.45, 2.75) is 33.1 Å². The molecule has 2 N–H and O–H groups in total. The minimum atomic E-state index is 0.841. The highest BCUT2D eigenvalue weighted by Gasteiger charge is 2.19. The molecule has 0 unspecified atom stereocenters. The van der Waals surface area contributed by atoms with E-state index in [0.717, 1.165) is 12.5 Å². The second-order valence-electron chi connectivity index (χ2n) is 5.23. The molecule has 1 heterocycles. The number of anilines is 1. The van der Waals surface area contributed by atoms with E-state index in [4.69, 9.17) is 5.73 Å². The Hall–Kier alpha value is -1.02. The summed E-state index contributed by atoms with van der Waals surface area (Å²) in [6.45, 7) is 7.65. The predicted molar refractivity (Wildman–Crippen MR) is 74.5 cm³/mol. The van der Waals surface area contributed by atoms with Gasteiger partial charge in [0.15, 0.2) is 0 Å². The van der Waals surface area contributed by atoms with Crippen LogP contribution in [0.3, 0.4) is 0 Å². The summed E-state index contributed by atoms with van der Waals surface area (Å²) < 4.78 is 0. The molecule has 2 rings (SSSR count). The van der Waals surface area contributed by atoms with Crippen molar-refractivity contribution >= 4 is 5.69 Å². The van der Waals surface area contributed by atoms with Crippen molar-refractivity contribution in [3.8, 4) is 0 Å². The van der Waals surface area contributed by atoms with Crippen molar-refractivity contribution in [2.24, 2.45) is 11.7 Å². The van der Waals surface area contributed by atoms with Gasteiger partial charge in [0.05, 0.1) is 0 Å². The van der Waals surface area contributed by atoms with Gasteiger partial charge in [0.1, 0.15) is 0 Å². The number of hydrogen-bond donors (Lipinski definition) is 1. The van der Waals surface area contributed by atoms with E-state index < -0.39 is 0 Å². The molecule has 2 heteroatoms. The highest BCUT2D eigenvalue weighted by Crippen LogP contribution is 2.28. The summed E-state index contributed by atoms with van der Waals surface area (Å²) in [5, 5.41) is 0. The fourth-order valence-corrected chi connectivity index (χ4v) is 2.78. The van der Waals surface area contributed by atoms with Gasteiger partial charge < -0.3 is 10.6 Å². The average Bonchev–Trinajstić information content (AvgIpc) is 2.34. The summed E-state index contributed by atoms with van der Waals surface area (Å²) in [5.41, 5.74) is 9.89. The summed E-state index contributed by atoms with van der Waals surface area (Å²) >= 11 is 0. The molecule has 1 aromatic carbocycles. The van der Waals surface area contributed by atoms with Crippen LogP contribution in [0.25, 0.3) is 0 Å². The monoisotopic (exact) mass is 232 g/mol. The maximum Gasteiger partial charge on any atom is 0.0398 e. The van der Waals surface area contributed by atoms with E-state index in [1.54, 1.807) is 0 Å². The average molecular weight is 232 g/mol. The molecule has 1 aliphatic rings. The molecular weight excluding hydrogens is 208 g/mol. The quantitative estimate of drug-likeness (QED) is 0.868. The molecule has 0 amide bonds. The summed E-state index contributed by atoms with van der Waals surface area (Å²) in [4.78, 5) is 2.54. The Kier molecular flexibility index (Phi) is 4.06. The first-order chi connectivity index (χ1) is 8.22. The third-order valence-corrected chi connectivity index (χ3v) is 4.11. The summed E-state index contributed by atoms with van der Waals surface area (Å²) in [6.07, 6.45) is 3.79. The standard InChI is InChI=1S/C15H24N2/c1-12-4-3-5-15(13(12)2)17-10-7-14(6-9-16)8-11-17/h3-5,14H,6-11,16H2,1-2H3.